The molecule has 92 valence electrons. The molecule has 0 aromatic carbocycles. The van der Waals surface area contributed by atoms with Crippen LogP contribution in [0.1, 0.15) is 35.7 Å². The lowest BCUT2D eigenvalue weighted by Gasteiger charge is -2.13. The van der Waals surface area contributed by atoms with E-state index < -0.39 is 0 Å². The van der Waals surface area contributed by atoms with E-state index in [4.69, 9.17) is 4.42 Å². The van der Waals surface area contributed by atoms with Gasteiger partial charge in [0.1, 0.15) is 5.76 Å². The second kappa shape index (κ2) is 5.93. The molecule has 2 aromatic heterocycles. The standard InChI is InChI=1S/C12H17N3OS/c1-3-5-10-12(17-15-14-10)11(13-2)8-9-6-4-7-16-9/h4,6-7,11,13H,3,5,8H2,1-2H3. The third-order valence-electron chi connectivity index (χ3n) is 2.72. The van der Waals surface area contributed by atoms with Gasteiger partial charge in [-0.15, -0.1) is 5.10 Å². The Balaban J connectivity index is 2.14. The van der Waals surface area contributed by atoms with E-state index in [0.717, 1.165) is 30.7 Å². The van der Waals surface area contributed by atoms with Crippen molar-refractivity contribution in [2.45, 2.75) is 32.2 Å². The lowest BCUT2D eigenvalue weighted by atomic mass is 10.1. The van der Waals surface area contributed by atoms with Crippen LogP contribution >= 0.6 is 11.5 Å². The van der Waals surface area contributed by atoms with Crippen LogP contribution in [0.25, 0.3) is 0 Å². The van der Waals surface area contributed by atoms with Gasteiger partial charge in [-0.1, -0.05) is 17.8 Å². The Morgan fingerprint density at radius 2 is 2.41 bits per heavy atom. The lowest BCUT2D eigenvalue weighted by molar-refractivity contribution is 0.467. The smallest absolute Gasteiger partial charge is 0.105 e. The van der Waals surface area contributed by atoms with Crippen LogP contribution in [0.3, 0.4) is 0 Å². The molecule has 0 radical (unpaired) electrons. The van der Waals surface area contributed by atoms with Gasteiger partial charge in [-0.2, -0.15) is 0 Å². The number of rotatable bonds is 6. The molecule has 2 heterocycles. The summed E-state index contributed by atoms with van der Waals surface area (Å²) in [5.74, 6) is 0.986. The molecule has 2 aromatic rings. The van der Waals surface area contributed by atoms with Gasteiger partial charge in [0.25, 0.3) is 0 Å². The second-order valence-corrected chi connectivity index (χ2v) is 4.74. The fraction of sp³-hybridized carbons (Fsp3) is 0.500. The zero-order chi connectivity index (χ0) is 12.1. The van der Waals surface area contributed by atoms with Gasteiger partial charge >= 0.3 is 0 Å². The van der Waals surface area contributed by atoms with Crippen LogP contribution in [0.15, 0.2) is 22.8 Å². The van der Waals surface area contributed by atoms with Crippen LogP contribution < -0.4 is 5.32 Å². The molecule has 0 aliphatic heterocycles. The van der Waals surface area contributed by atoms with Gasteiger partial charge in [-0.25, -0.2) is 0 Å². The first kappa shape index (κ1) is 12.3. The van der Waals surface area contributed by atoms with Gasteiger partial charge in [0.05, 0.1) is 22.9 Å². The summed E-state index contributed by atoms with van der Waals surface area (Å²) in [6.45, 7) is 2.16. The average Bonchev–Trinajstić information content (AvgIpc) is 2.97. The topological polar surface area (TPSA) is 51.0 Å². The van der Waals surface area contributed by atoms with E-state index in [9.17, 15) is 0 Å². The summed E-state index contributed by atoms with van der Waals surface area (Å²) in [5, 5.41) is 7.51. The highest BCUT2D eigenvalue weighted by atomic mass is 32.1. The monoisotopic (exact) mass is 251 g/mol. The second-order valence-electron chi connectivity index (χ2n) is 3.96. The molecular weight excluding hydrogens is 234 g/mol. The molecule has 17 heavy (non-hydrogen) atoms. The first-order valence-electron chi connectivity index (χ1n) is 5.86. The number of aromatic nitrogens is 2. The molecule has 0 bridgehead atoms. The summed E-state index contributed by atoms with van der Waals surface area (Å²) in [5.41, 5.74) is 1.11. The molecule has 0 saturated heterocycles. The van der Waals surface area contributed by atoms with Gasteiger partial charge in [0.15, 0.2) is 0 Å². The minimum atomic E-state index is 0.239. The van der Waals surface area contributed by atoms with Gasteiger partial charge in [-0.3, -0.25) is 0 Å². The van der Waals surface area contributed by atoms with Crippen molar-refractivity contribution in [1.29, 1.82) is 0 Å². The highest BCUT2D eigenvalue weighted by molar-refractivity contribution is 7.05. The first-order chi connectivity index (χ1) is 8.35. The molecule has 2 rings (SSSR count). The van der Waals surface area contributed by atoms with Crippen molar-refractivity contribution >= 4 is 11.5 Å². The predicted molar refractivity (Wildman–Crippen MR) is 68.1 cm³/mol. The van der Waals surface area contributed by atoms with E-state index in [-0.39, 0.29) is 6.04 Å². The van der Waals surface area contributed by atoms with Gasteiger partial charge in [-0.05, 0) is 37.1 Å². The highest BCUT2D eigenvalue weighted by Gasteiger charge is 2.18. The van der Waals surface area contributed by atoms with Crippen molar-refractivity contribution in [1.82, 2.24) is 14.9 Å². The molecule has 1 unspecified atom stereocenters. The molecular formula is C12H17N3OS. The number of hydrogen-bond donors (Lipinski definition) is 1. The maximum Gasteiger partial charge on any atom is 0.105 e. The summed E-state index contributed by atoms with van der Waals surface area (Å²) in [6.07, 6.45) is 4.63. The Labute approximate surface area is 105 Å². The number of nitrogens with zero attached hydrogens (tertiary/aromatic N) is 2. The van der Waals surface area contributed by atoms with E-state index in [1.807, 2.05) is 19.2 Å². The van der Waals surface area contributed by atoms with E-state index in [0.29, 0.717) is 0 Å². The van der Waals surface area contributed by atoms with Crippen LogP contribution in [0.5, 0.6) is 0 Å². The maximum absolute atomic E-state index is 5.39. The fourth-order valence-electron chi connectivity index (χ4n) is 1.85. The van der Waals surface area contributed by atoms with E-state index in [2.05, 4.69) is 21.8 Å². The van der Waals surface area contributed by atoms with Crippen LogP contribution in [0, 0.1) is 0 Å². The molecule has 5 heteroatoms. The molecule has 1 N–H and O–H groups in total. The number of nitrogens with one attached hydrogen (secondary N) is 1. The van der Waals surface area contributed by atoms with Crippen LogP contribution in [0.2, 0.25) is 0 Å². The van der Waals surface area contributed by atoms with Crippen molar-refractivity contribution in [2.75, 3.05) is 7.05 Å². The first-order valence-corrected chi connectivity index (χ1v) is 6.63. The minimum Gasteiger partial charge on any atom is -0.469 e. The summed E-state index contributed by atoms with van der Waals surface area (Å²) in [7, 11) is 1.96. The molecule has 0 aliphatic rings. The number of likely N-dealkylation sites (N-methyl/N-ethyl adjacent to an activating group) is 1. The SMILES string of the molecule is CCCc1nnsc1C(Cc1ccco1)NC. The van der Waals surface area contributed by atoms with Gasteiger partial charge < -0.3 is 9.73 Å². The normalized spacial score (nSPS) is 12.8. The van der Waals surface area contributed by atoms with Crippen LogP contribution in [-0.2, 0) is 12.8 Å². The van der Waals surface area contributed by atoms with E-state index in [1.54, 1.807) is 6.26 Å². The zero-order valence-corrected chi connectivity index (χ0v) is 11.0. The fourth-order valence-corrected chi connectivity index (χ4v) is 2.65. The number of hydrogen-bond acceptors (Lipinski definition) is 5. The molecule has 0 fully saturated rings. The summed E-state index contributed by atoms with van der Waals surface area (Å²) >= 11 is 1.48. The molecule has 0 aliphatic carbocycles. The van der Waals surface area contributed by atoms with Crippen molar-refractivity contribution in [3.05, 3.63) is 34.7 Å². The Hall–Kier alpha value is -1.20. The average molecular weight is 251 g/mol. The van der Waals surface area contributed by atoms with Crippen molar-refractivity contribution in [3.8, 4) is 0 Å². The Morgan fingerprint density at radius 1 is 1.53 bits per heavy atom. The largest absolute Gasteiger partial charge is 0.469 e. The van der Waals surface area contributed by atoms with E-state index >= 15 is 0 Å². The summed E-state index contributed by atoms with van der Waals surface area (Å²) < 4.78 is 9.45. The zero-order valence-electron chi connectivity index (χ0n) is 10.1. The van der Waals surface area contributed by atoms with Crippen molar-refractivity contribution < 1.29 is 4.42 Å². The Kier molecular flexibility index (Phi) is 4.28. The predicted octanol–water partition coefficient (Wildman–Crippen LogP) is 2.59. The minimum absolute atomic E-state index is 0.239. The Morgan fingerprint density at radius 3 is 3.06 bits per heavy atom. The van der Waals surface area contributed by atoms with Crippen molar-refractivity contribution in [3.63, 3.8) is 0 Å². The Bertz CT molecular complexity index is 438. The third kappa shape index (κ3) is 2.92. The lowest BCUT2D eigenvalue weighted by Crippen LogP contribution is -2.19. The number of aryl methyl sites for hydroxylation is 1. The number of furan rings is 1. The quantitative estimate of drug-likeness (QED) is 0.857. The van der Waals surface area contributed by atoms with Crippen molar-refractivity contribution in [2.24, 2.45) is 0 Å². The van der Waals surface area contributed by atoms with Gasteiger partial charge in [0.2, 0.25) is 0 Å². The highest BCUT2D eigenvalue weighted by Crippen LogP contribution is 2.24. The van der Waals surface area contributed by atoms with E-state index in [1.165, 1.54) is 16.4 Å². The molecule has 1 atom stereocenters. The third-order valence-corrected chi connectivity index (χ3v) is 3.60. The van der Waals surface area contributed by atoms with Crippen LogP contribution in [-0.4, -0.2) is 16.6 Å². The molecule has 0 saturated carbocycles. The summed E-state index contributed by atoms with van der Waals surface area (Å²) in [4.78, 5) is 1.23. The molecule has 0 spiro atoms. The van der Waals surface area contributed by atoms with Crippen LogP contribution in [0.4, 0.5) is 0 Å². The summed E-state index contributed by atoms with van der Waals surface area (Å²) in [6, 6.07) is 4.15. The maximum atomic E-state index is 5.39. The molecule has 4 nitrogen and oxygen atoms in total. The van der Waals surface area contributed by atoms with Gasteiger partial charge in [0, 0.05) is 6.42 Å². The molecule has 0 amide bonds.